The summed E-state index contributed by atoms with van der Waals surface area (Å²) in [6.45, 7) is 2.23. The van der Waals surface area contributed by atoms with Crippen LogP contribution in [0.2, 0.25) is 0 Å². The lowest BCUT2D eigenvalue weighted by Crippen LogP contribution is -2.35. The maximum atomic E-state index is 2.37. The fourth-order valence-corrected chi connectivity index (χ4v) is 2.49. The molecular formula is C15H16N2. The first-order valence-electron chi connectivity index (χ1n) is 5.95. The standard InChI is InChI=1S/C15H16N2/c1-12-16(2)14-10-6-7-11-15(14)17(12)13-8-4-3-5-9-13/h3-12H,1-2H3. The van der Waals surface area contributed by atoms with Gasteiger partial charge in [0.15, 0.2) is 0 Å². The number of para-hydroxylation sites is 3. The molecule has 0 N–H and O–H groups in total. The molecule has 1 unspecified atom stereocenters. The molecule has 1 aliphatic rings. The summed E-state index contributed by atoms with van der Waals surface area (Å²) in [5.41, 5.74) is 3.83. The van der Waals surface area contributed by atoms with Gasteiger partial charge < -0.3 is 9.80 Å². The average Bonchev–Trinajstić information content (AvgIpc) is 2.64. The second-order valence-corrected chi connectivity index (χ2v) is 4.44. The van der Waals surface area contributed by atoms with Crippen molar-refractivity contribution in [2.75, 3.05) is 16.8 Å². The zero-order valence-electron chi connectivity index (χ0n) is 10.2. The molecule has 1 heterocycles. The van der Waals surface area contributed by atoms with Crippen molar-refractivity contribution in [3.8, 4) is 0 Å². The van der Waals surface area contributed by atoms with E-state index >= 15 is 0 Å². The monoisotopic (exact) mass is 224 g/mol. The average molecular weight is 224 g/mol. The number of fused-ring (bicyclic) bond motifs is 1. The van der Waals surface area contributed by atoms with Gasteiger partial charge in [0.25, 0.3) is 0 Å². The van der Waals surface area contributed by atoms with Crippen molar-refractivity contribution in [2.45, 2.75) is 13.1 Å². The molecule has 0 aromatic heterocycles. The Hall–Kier alpha value is -1.96. The number of nitrogens with zero attached hydrogens (tertiary/aromatic N) is 2. The Morgan fingerprint density at radius 1 is 0.824 bits per heavy atom. The number of rotatable bonds is 1. The van der Waals surface area contributed by atoms with Gasteiger partial charge in [-0.05, 0) is 31.2 Å². The zero-order valence-corrected chi connectivity index (χ0v) is 10.2. The molecule has 0 saturated carbocycles. The predicted molar refractivity (Wildman–Crippen MR) is 72.9 cm³/mol. The second kappa shape index (κ2) is 3.81. The van der Waals surface area contributed by atoms with Crippen LogP contribution in [0.5, 0.6) is 0 Å². The summed E-state index contributed by atoms with van der Waals surface area (Å²) in [7, 11) is 2.15. The van der Waals surface area contributed by atoms with E-state index < -0.39 is 0 Å². The van der Waals surface area contributed by atoms with Crippen LogP contribution in [-0.4, -0.2) is 13.2 Å². The first kappa shape index (κ1) is 10.2. The van der Waals surface area contributed by atoms with Crippen LogP contribution in [0.3, 0.4) is 0 Å². The second-order valence-electron chi connectivity index (χ2n) is 4.44. The van der Waals surface area contributed by atoms with E-state index in [0.717, 1.165) is 0 Å². The fourth-order valence-electron chi connectivity index (χ4n) is 2.49. The zero-order chi connectivity index (χ0) is 11.8. The highest BCUT2D eigenvalue weighted by atomic mass is 15.4. The van der Waals surface area contributed by atoms with Crippen LogP contribution >= 0.6 is 0 Å². The number of anilines is 3. The molecule has 0 saturated heterocycles. The molecule has 2 aromatic carbocycles. The van der Waals surface area contributed by atoms with Crippen molar-refractivity contribution in [1.29, 1.82) is 0 Å². The van der Waals surface area contributed by atoms with Gasteiger partial charge in [-0.1, -0.05) is 30.3 Å². The number of hydrogen-bond acceptors (Lipinski definition) is 2. The Labute approximate surface area is 102 Å². The van der Waals surface area contributed by atoms with Crippen molar-refractivity contribution in [1.82, 2.24) is 0 Å². The van der Waals surface area contributed by atoms with Crippen molar-refractivity contribution in [3.63, 3.8) is 0 Å². The summed E-state index contributed by atoms with van der Waals surface area (Å²) in [5.74, 6) is 0. The molecule has 0 radical (unpaired) electrons. The van der Waals surface area contributed by atoms with E-state index in [-0.39, 0.29) is 0 Å². The van der Waals surface area contributed by atoms with Crippen LogP contribution in [0.25, 0.3) is 0 Å². The largest absolute Gasteiger partial charge is 0.353 e. The normalized spacial score (nSPS) is 18.4. The van der Waals surface area contributed by atoms with Crippen LogP contribution in [-0.2, 0) is 0 Å². The molecular weight excluding hydrogens is 208 g/mol. The Morgan fingerprint density at radius 2 is 1.41 bits per heavy atom. The van der Waals surface area contributed by atoms with Gasteiger partial charge in [0, 0.05) is 12.7 Å². The van der Waals surface area contributed by atoms with Crippen LogP contribution in [0.4, 0.5) is 17.1 Å². The molecule has 0 aliphatic carbocycles. The van der Waals surface area contributed by atoms with Gasteiger partial charge in [-0.15, -0.1) is 0 Å². The quantitative estimate of drug-likeness (QED) is 0.730. The Kier molecular flexibility index (Phi) is 2.29. The van der Waals surface area contributed by atoms with Crippen LogP contribution in [0, 0.1) is 0 Å². The highest BCUT2D eigenvalue weighted by molar-refractivity contribution is 5.83. The summed E-state index contributed by atoms with van der Waals surface area (Å²) in [5, 5.41) is 0. The smallest absolute Gasteiger partial charge is 0.103 e. The first-order valence-corrected chi connectivity index (χ1v) is 5.95. The molecule has 3 rings (SSSR count). The van der Waals surface area contributed by atoms with E-state index in [4.69, 9.17) is 0 Å². The van der Waals surface area contributed by atoms with Gasteiger partial charge in [-0.2, -0.15) is 0 Å². The summed E-state index contributed by atoms with van der Waals surface area (Å²) in [6, 6.07) is 19.1. The predicted octanol–water partition coefficient (Wildman–Crippen LogP) is 3.62. The van der Waals surface area contributed by atoms with Crippen molar-refractivity contribution in [3.05, 3.63) is 54.6 Å². The molecule has 0 amide bonds. The first-order chi connectivity index (χ1) is 8.29. The summed E-state index contributed by atoms with van der Waals surface area (Å²) in [4.78, 5) is 4.68. The topological polar surface area (TPSA) is 6.48 Å². The van der Waals surface area contributed by atoms with E-state index in [1.165, 1.54) is 17.1 Å². The fraction of sp³-hybridized carbons (Fsp3) is 0.200. The van der Waals surface area contributed by atoms with E-state index in [9.17, 15) is 0 Å². The summed E-state index contributed by atoms with van der Waals surface area (Å²) in [6.07, 6.45) is 0.356. The SMILES string of the molecule is CC1N(C)c2ccccc2N1c1ccccc1. The molecule has 0 fully saturated rings. The number of hydrogen-bond donors (Lipinski definition) is 0. The Morgan fingerprint density at radius 3 is 2.12 bits per heavy atom. The minimum Gasteiger partial charge on any atom is -0.353 e. The highest BCUT2D eigenvalue weighted by Crippen LogP contribution is 2.42. The Balaban J connectivity index is 2.13. The molecule has 2 heteroatoms. The molecule has 0 spiro atoms. The summed E-state index contributed by atoms with van der Waals surface area (Å²) >= 11 is 0. The van der Waals surface area contributed by atoms with Crippen LogP contribution in [0.15, 0.2) is 54.6 Å². The maximum Gasteiger partial charge on any atom is 0.103 e. The molecule has 0 bridgehead atoms. The van der Waals surface area contributed by atoms with Gasteiger partial charge in [0.1, 0.15) is 6.17 Å². The van der Waals surface area contributed by atoms with E-state index in [1.54, 1.807) is 0 Å². The third-order valence-electron chi connectivity index (χ3n) is 3.49. The van der Waals surface area contributed by atoms with Gasteiger partial charge in [-0.25, -0.2) is 0 Å². The Bertz CT molecular complexity index is 521. The highest BCUT2D eigenvalue weighted by Gasteiger charge is 2.30. The van der Waals surface area contributed by atoms with Gasteiger partial charge in [0.2, 0.25) is 0 Å². The van der Waals surface area contributed by atoms with Crippen LogP contribution < -0.4 is 9.80 Å². The third kappa shape index (κ3) is 1.48. The lowest BCUT2D eigenvalue weighted by atomic mass is 10.2. The minimum absolute atomic E-state index is 0.356. The summed E-state index contributed by atoms with van der Waals surface area (Å²) < 4.78 is 0. The van der Waals surface area contributed by atoms with E-state index in [2.05, 4.69) is 78.4 Å². The third-order valence-corrected chi connectivity index (χ3v) is 3.49. The molecule has 1 atom stereocenters. The van der Waals surface area contributed by atoms with E-state index in [0.29, 0.717) is 6.17 Å². The van der Waals surface area contributed by atoms with Gasteiger partial charge in [-0.3, -0.25) is 0 Å². The molecule has 1 aliphatic heterocycles. The molecule has 2 nitrogen and oxygen atoms in total. The van der Waals surface area contributed by atoms with Gasteiger partial charge >= 0.3 is 0 Å². The van der Waals surface area contributed by atoms with Crippen molar-refractivity contribution >= 4 is 17.1 Å². The van der Waals surface area contributed by atoms with Crippen molar-refractivity contribution < 1.29 is 0 Å². The van der Waals surface area contributed by atoms with Crippen LogP contribution in [0.1, 0.15) is 6.92 Å². The van der Waals surface area contributed by atoms with Crippen molar-refractivity contribution in [2.24, 2.45) is 0 Å². The molecule has 86 valence electrons. The molecule has 2 aromatic rings. The minimum atomic E-state index is 0.356. The van der Waals surface area contributed by atoms with Gasteiger partial charge in [0.05, 0.1) is 11.4 Å². The number of benzene rings is 2. The molecule has 17 heavy (non-hydrogen) atoms. The lowest BCUT2D eigenvalue weighted by molar-refractivity contribution is 0.734. The maximum absolute atomic E-state index is 2.37. The lowest BCUT2D eigenvalue weighted by Gasteiger charge is -2.27. The van der Waals surface area contributed by atoms with E-state index in [1.807, 2.05) is 0 Å².